The van der Waals surface area contributed by atoms with Gasteiger partial charge < -0.3 is 5.32 Å². The number of hydrogen-bond acceptors (Lipinski definition) is 2. The minimum absolute atomic E-state index is 0.205. The number of benzene rings is 1. The van der Waals surface area contributed by atoms with Crippen LogP contribution in [0.2, 0.25) is 0 Å². The molecule has 1 aliphatic heterocycles. The highest BCUT2D eigenvalue weighted by Crippen LogP contribution is 2.20. The van der Waals surface area contributed by atoms with Gasteiger partial charge in [-0.3, -0.25) is 4.79 Å². The summed E-state index contributed by atoms with van der Waals surface area (Å²) in [5.74, 6) is -0.0813. The maximum absolute atomic E-state index is 12.9. The van der Waals surface area contributed by atoms with Crippen LogP contribution in [0.3, 0.4) is 0 Å². The molecule has 0 bridgehead atoms. The molecule has 2 nitrogen and oxygen atoms in total. The van der Waals surface area contributed by atoms with Crippen molar-refractivity contribution in [2.45, 2.75) is 31.7 Å². The maximum Gasteiger partial charge on any atom is 0.138 e. The van der Waals surface area contributed by atoms with Gasteiger partial charge in [-0.2, -0.15) is 0 Å². The second kappa shape index (κ2) is 5.74. The lowest BCUT2D eigenvalue weighted by molar-refractivity contribution is -0.118. The van der Waals surface area contributed by atoms with Gasteiger partial charge >= 0.3 is 0 Å². The second-order valence-electron chi connectivity index (χ2n) is 4.45. The summed E-state index contributed by atoms with van der Waals surface area (Å²) in [7, 11) is 0. The zero-order valence-electron chi connectivity index (χ0n) is 9.51. The van der Waals surface area contributed by atoms with Crippen LogP contribution in [0.1, 0.15) is 24.8 Å². The smallest absolute Gasteiger partial charge is 0.138 e. The Morgan fingerprint density at radius 3 is 3.00 bits per heavy atom. The van der Waals surface area contributed by atoms with E-state index < -0.39 is 0 Å². The first-order valence-electron chi connectivity index (χ1n) is 5.84. The normalized spacial score (nSPS) is 19.5. The topological polar surface area (TPSA) is 29.1 Å². The first kappa shape index (κ1) is 12.7. The highest BCUT2D eigenvalue weighted by molar-refractivity contribution is 9.10. The van der Waals surface area contributed by atoms with Crippen molar-refractivity contribution >= 4 is 21.7 Å². The van der Waals surface area contributed by atoms with Crippen molar-refractivity contribution in [3.8, 4) is 0 Å². The van der Waals surface area contributed by atoms with E-state index in [1.54, 1.807) is 6.07 Å². The quantitative estimate of drug-likeness (QED) is 0.926. The molecule has 1 saturated heterocycles. The predicted octanol–water partition coefficient (Wildman–Crippen LogP) is 2.84. The number of ketones is 1. The average molecular weight is 300 g/mol. The van der Waals surface area contributed by atoms with Crippen LogP contribution in [0.5, 0.6) is 0 Å². The molecular formula is C13H15BrFNO. The fourth-order valence-electron chi connectivity index (χ4n) is 2.16. The lowest BCUT2D eigenvalue weighted by Gasteiger charge is -2.09. The monoisotopic (exact) mass is 299 g/mol. The summed E-state index contributed by atoms with van der Waals surface area (Å²) in [5, 5.41) is 3.30. The Morgan fingerprint density at radius 2 is 2.35 bits per heavy atom. The first-order valence-corrected chi connectivity index (χ1v) is 6.63. The molecule has 0 amide bonds. The molecule has 17 heavy (non-hydrogen) atoms. The molecule has 4 heteroatoms. The van der Waals surface area contributed by atoms with Crippen molar-refractivity contribution in [2.75, 3.05) is 6.54 Å². The minimum atomic E-state index is -0.287. The van der Waals surface area contributed by atoms with Gasteiger partial charge in [-0.05, 0) is 37.1 Å². The first-order chi connectivity index (χ1) is 8.15. The average Bonchev–Trinajstić information content (AvgIpc) is 2.75. The van der Waals surface area contributed by atoms with Gasteiger partial charge in [0.15, 0.2) is 0 Å². The Kier molecular flexibility index (Phi) is 4.29. The van der Waals surface area contributed by atoms with E-state index >= 15 is 0 Å². The van der Waals surface area contributed by atoms with Crippen LogP contribution in [0.4, 0.5) is 4.39 Å². The molecule has 1 unspecified atom stereocenters. The zero-order chi connectivity index (χ0) is 12.3. The molecule has 0 aromatic heterocycles. The molecule has 1 aliphatic rings. The van der Waals surface area contributed by atoms with E-state index in [0.29, 0.717) is 23.4 Å². The van der Waals surface area contributed by atoms with E-state index in [0.717, 1.165) is 24.9 Å². The number of carbonyl (C=O) groups excluding carboxylic acids is 1. The number of carbonyl (C=O) groups is 1. The summed E-state index contributed by atoms with van der Waals surface area (Å²) >= 11 is 3.28. The van der Waals surface area contributed by atoms with E-state index in [1.807, 2.05) is 0 Å². The molecular weight excluding hydrogens is 285 g/mol. The summed E-state index contributed by atoms with van der Waals surface area (Å²) in [6.45, 7) is 1.01. The van der Waals surface area contributed by atoms with E-state index in [4.69, 9.17) is 0 Å². The summed E-state index contributed by atoms with van der Waals surface area (Å²) in [6.07, 6.45) is 3.18. The molecule has 1 aromatic carbocycles. The van der Waals surface area contributed by atoms with Crippen LogP contribution in [-0.4, -0.2) is 18.4 Å². The third-order valence-corrected chi connectivity index (χ3v) is 3.78. The van der Waals surface area contributed by atoms with E-state index in [2.05, 4.69) is 21.2 Å². The van der Waals surface area contributed by atoms with Crippen molar-refractivity contribution in [3.63, 3.8) is 0 Å². The van der Waals surface area contributed by atoms with Crippen molar-refractivity contribution < 1.29 is 9.18 Å². The third-order valence-electron chi connectivity index (χ3n) is 3.04. The van der Waals surface area contributed by atoms with E-state index in [1.165, 1.54) is 12.1 Å². The molecule has 1 N–H and O–H groups in total. The third kappa shape index (κ3) is 3.61. The highest BCUT2D eigenvalue weighted by atomic mass is 79.9. The van der Waals surface area contributed by atoms with Crippen molar-refractivity contribution in [3.05, 3.63) is 34.1 Å². The largest absolute Gasteiger partial charge is 0.314 e. The number of Topliss-reactive ketones (excluding diaryl/α,β-unsaturated/α-hetero) is 1. The highest BCUT2D eigenvalue weighted by Gasteiger charge is 2.18. The van der Waals surface area contributed by atoms with Crippen LogP contribution >= 0.6 is 15.9 Å². The lowest BCUT2D eigenvalue weighted by atomic mass is 10.0. The van der Waals surface area contributed by atoms with Crippen LogP contribution in [0.25, 0.3) is 0 Å². The molecule has 1 atom stereocenters. The molecule has 92 valence electrons. The molecule has 1 heterocycles. The van der Waals surface area contributed by atoms with Crippen LogP contribution in [0.15, 0.2) is 22.7 Å². The van der Waals surface area contributed by atoms with Crippen LogP contribution in [-0.2, 0) is 11.2 Å². The molecule has 1 aromatic rings. The summed E-state index contributed by atoms with van der Waals surface area (Å²) in [6, 6.07) is 4.79. The number of hydrogen-bond donors (Lipinski definition) is 1. The van der Waals surface area contributed by atoms with Gasteiger partial charge in [-0.25, -0.2) is 4.39 Å². The van der Waals surface area contributed by atoms with Crippen LogP contribution in [0, 0.1) is 5.82 Å². The fourth-order valence-corrected chi connectivity index (χ4v) is 2.65. The van der Waals surface area contributed by atoms with Crippen LogP contribution < -0.4 is 5.32 Å². The standard InChI is InChI=1S/C13H15BrFNO/c14-13-7-10(15)4-3-9(13)6-12(17)8-11-2-1-5-16-11/h3-4,7,11,16H,1-2,5-6,8H2. The van der Waals surface area contributed by atoms with Gasteiger partial charge in [-0.1, -0.05) is 22.0 Å². The SMILES string of the molecule is O=C(Cc1ccc(F)cc1Br)CC1CCCN1. The Morgan fingerprint density at radius 1 is 1.53 bits per heavy atom. The van der Waals surface area contributed by atoms with Crippen molar-refractivity contribution in [1.82, 2.24) is 5.32 Å². The predicted molar refractivity (Wildman–Crippen MR) is 68.5 cm³/mol. The van der Waals surface area contributed by atoms with Gasteiger partial charge in [0.25, 0.3) is 0 Å². The lowest BCUT2D eigenvalue weighted by Crippen LogP contribution is -2.25. The Hall–Kier alpha value is -0.740. The van der Waals surface area contributed by atoms with Crippen molar-refractivity contribution in [2.24, 2.45) is 0 Å². The zero-order valence-corrected chi connectivity index (χ0v) is 11.1. The minimum Gasteiger partial charge on any atom is -0.314 e. The number of rotatable bonds is 4. The van der Waals surface area contributed by atoms with Gasteiger partial charge in [0.05, 0.1) is 0 Å². The van der Waals surface area contributed by atoms with Crippen molar-refractivity contribution in [1.29, 1.82) is 0 Å². The molecule has 0 saturated carbocycles. The summed E-state index contributed by atoms with van der Waals surface area (Å²) in [4.78, 5) is 11.9. The molecule has 0 radical (unpaired) electrons. The second-order valence-corrected chi connectivity index (χ2v) is 5.30. The fraction of sp³-hybridized carbons (Fsp3) is 0.462. The maximum atomic E-state index is 12.9. The van der Waals surface area contributed by atoms with E-state index in [-0.39, 0.29) is 11.6 Å². The van der Waals surface area contributed by atoms with Gasteiger partial charge in [0.2, 0.25) is 0 Å². The Labute approximate surface area is 109 Å². The van der Waals surface area contributed by atoms with Gasteiger partial charge in [0.1, 0.15) is 11.6 Å². The van der Waals surface area contributed by atoms with Gasteiger partial charge in [-0.15, -0.1) is 0 Å². The summed E-state index contributed by atoms with van der Waals surface area (Å²) < 4.78 is 13.6. The van der Waals surface area contributed by atoms with Gasteiger partial charge in [0, 0.05) is 23.4 Å². The Bertz CT molecular complexity index is 416. The molecule has 2 rings (SSSR count). The number of halogens is 2. The molecule has 0 spiro atoms. The number of nitrogens with one attached hydrogen (secondary N) is 1. The molecule has 0 aliphatic carbocycles. The summed E-state index contributed by atoms with van der Waals surface area (Å²) in [5.41, 5.74) is 0.856. The Balaban J connectivity index is 1.93. The molecule has 1 fully saturated rings. The van der Waals surface area contributed by atoms with E-state index in [9.17, 15) is 9.18 Å².